The number of halogens is 3. The lowest BCUT2D eigenvalue weighted by atomic mass is 9.79. The molecule has 1 aliphatic carbocycles. The van der Waals surface area contributed by atoms with Gasteiger partial charge in [0.05, 0.1) is 16.6 Å². The summed E-state index contributed by atoms with van der Waals surface area (Å²) in [6, 6.07) is 6.62. The summed E-state index contributed by atoms with van der Waals surface area (Å²) >= 11 is 6.55. The van der Waals surface area contributed by atoms with Crippen LogP contribution in [0.25, 0.3) is 22.2 Å². The SMILES string of the molecule is CC(=O)c1nccc2[nH]c(-c3cc(Cl)c([C@@]4(C)CCC(F)(F)C4)cc3C)cc(=O)c12. The van der Waals surface area contributed by atoms with Crippen molar-refractivity contribution >= 4 is 28.3 Å². The topological polar surface area (TPSA) is 62.8 Å². The Morgan fingerprint density at radius 3 is 2.60 bits per heavy atom. The summed E-state index contributed by atoms with van der Waals surface area (Å²) in [6.07, 6.45) is 1.46. The van der Waals surface area contributed by atoms with E-state index in [2.05, 4.69) is 9.97 Å². The fourth-order valence-corrected chi connectivity index (χ4v) is 4.87. The van der Waals surface area contributed by atoms with E-state index in [1.54, 1.807) is 12.1 Å². The molecule has 1 saturated carbocycles. The molecule has 1 N–H and O–H groups in total. The number of hydrogen-bond acceptors (Lipinski definition) is 3. The zero-order valence-corrected chi connectivity index (χ0v) is 17.7. The Kier molecular flexibility index (Phi) is 4.81. The number of carbonyl (C=O) groups is 1. The molecule has 2 aromatic heterocycles. The van der Waals surface area contributed by atoms with Crippen molar-refractivity contribution in [2.45, 2.75) is 51.4 Å². The summed E-state index contributed by atoms with van der Waals surface area (Å²) in [5.74, 6) is -2.97. The molecule has 1 fully saturated rings. The first-order valence-corrected chi connectivity index (χ1v) is 10.1. The summed E-state index contributed by atoms with van der Waals surface area (Å²) < 4.78 is 27.7. The molecule has 0 amide bonds. The normalized spacial score (nSPS) is 20.6. The second-order valence-electron chi connectivity index (χ2n) is 8.43. The molecule has 30 heavy (non-hydrogen) atoms. The molecule has 4 nitrogen and oxygen atoms in total. The van der Waals surface area contributed by atoms with Gasteiger partial charge in [0.1, 0.15) is 5.69 Å². The number of nitrogens with zero attached hydrogens (tertiary/aromatic N) is 1. The molecular weight excluding hydrogens is 410 g/mol. The Morgan fingerprint density at radius 2 is 1.97 bits per heavy atom. The molecule has 0 saturated heterocycles. The third-order valence-electron chi connectivity index (χ3n) is 6.02. The predicted octanol–water partition coefficient (Wildman–Crippen LogP) is 5.83. The maximum atomic E-state index is 13.9. The molecule has 1 atom stereocenters. The zero-order chi connectivity index (χ0) is 21.8. The van der Waals surface area contributed by atoms with Crippen LogP contribution in [0.3, 0.4) is 0 Å². The largest absolute Gasteiger partial charge is 0.354 e. The average Bonchev–Trinajstić information content (AvgIpc) is 2.96. The van der Waals surface area contributed by atoms with Gasteiger partial charge in [-0.2, -0.15) is 0 Å². The highest BCUT2D eigenvalue weighted by Gasteiger charge is 2.48. The highest BCUT2D eigenvalue weighted by atomic mass is 35.5. The van der Waals surface area contributed by atoms with E-state index in [4.69, 9.17) is 11.6 Å². The molecule has 1 aromatic carbocycles. The van der Waals surface area contributed by atoms with Gasteiger partial charge in [0.25, 0.3) is 0 Å². The highest BCUT2D eigenvalue weighted by Crippen LogP contribution is 2.51. The quantitative estimate of drug-likeness (QED) is 0.531. The number of hydrogen-bond donors (Lipinski definition) is 1. The summed E-state index contributed by atoms with van der Waals surface area (Å²) in [6.45, 7) is 5.05. The fourth-order valence-electron chi connectivity index (χ4n) is 4.48. The summed E-state index contributed by atoms with van der Waals surface area (Å²) in [7, 11) is 0. The number of benzene rings is 1. The van der Waals surface area contributed by atoms with E-state index in [1.807, 2.05) is 19.9 Å². The van der Waals surface area contributed by atoms with Crippen LogP contribution >= 0.6 is 11.6 Å². The molecule has 2 heterocycles. The highest BCUT2D eigenvalue weighted by molar-refractivity contribution is 6.31. The zero-order valence-electron chi connectivity index (χ0n) is 16.9. The predicted molar refractivity (Wildman–Crippen MR) is 114 cm³/mol. The third-order valence-corrected chi connectivity index (χ3v) is 6.33. The molecule has 0 aliphatic heterocycles. The molecule has 1 aliphatic rings. The number of alkyl halides is 2. The Morgan fingerprint density at radius 1 is 1.23 bits per heavy atom. The number of aryl methyl sites for hydroxylation is 1. The Bertz CT molecular complexity index is 1250. The van der Waals surface area contributed by atoms with Crippen molar-refractivity contribution in [1.82, 2.24) is 9.97 Å². The van der Waals surface area contributed by atoms with E-state index in [0.29, 0.717) is 33.8 Å². The number of Topliss-reactive ketones (excluding diaryl/α,β-unsaturated/α-hetero) is 1. The first kappa shape index (κ1) is 20.7. The van der Waals surface area contributed by atoms with E-state index >= 15 is 0 Å². The van der Waals surface area contributed by atoms with E-state index in [9.17, 15) is 18.4 Å². The van der Waals surface area contributed by atoms with Gasteiger partial charge in [0, 0.05) is 42.6 Å². The maximum Gasteiger partial charge on any atom is 0.249 e. The monoisotopic (exact) mass is 430 g/mol. The van der Waals surface area contributed by atoms with E-state index < -0.39 is 11.3 Å². The lowest BCUT2D eigenvalue weighted by molar-refractivity contribution is 0.00355. The molecule has 156 valence electrons. The molecule has 0 unspecified atom stereocenters. The van der Waals surface area contributed by atoms with Gasteiger partial charge in [-0.25, -0.2) is 8.78 Å². The fraction of sp³-hybridized carbons (Fsp3) is 0.348. The second kappa shape index (κ2) is 6.98. The molecule has 4 rings (SSSR count). The van der Waals surface area contributed by atoms with E-state index in [1.165, 1.54) is 19.2 Å². The van der Waals surface area contributed by atoms with Gasteiger partial charge in [0.15, 0.2) is 11.2 Å². The van der Waals surface area contributed by atoms with Crippen molar-refractivity contribution in [2.75, 3.05) is 0 Å². The van der Waals surface area contributed by atoms with Crippen LogP contribution in [0.2, 0.25) is 5.02 Å². The number of pyridine rings is 2. The number of H-pyrrole nitrogens is 1. The molecular formula is C23H21ClF2N2O2. The van der Waals surface area contributed by atoms with Crippen molar-refractivity contribution in [3.63, 3.8) is 0 Å². The van der Waals surface area contributed by atoms with Crippen LogP contribution in [0.15, 0.2) is 35.3 Å². The summed E-state index contributed by atoms with van der Waals surface area (Å²) in [5, 5.41) is 0.644. The van der Waals surface area contributed by atoms with Crippen LogP contribution in [-0.2, 0) is 5.41 Å². The van der Waals surface area contributed by atoms with Crippen molar-refractivity contribution in [2.24, 2.45) is 0 Å². The van der Waals surface area contributed by atoms with Gasteiger partial charge in [0.2, 0.25) is 5.92 Å². The standard InChI is InChI=1S/C23H21ClF2N2O2/c1-12-8-15(22(3)5-6-23(25,26)11-22)16(24)9-14(12)18-10-19(30)20-17(28-18)4-7-27-21(20)13(2)29/h4,7-10H,5-6,11H2,1-3H3,(H,28,30)/t22-/m0/s1. The van der Waals surface area contributed by atoms with Crippen LogP contribution in [0, 0.1) is 6.92 Å². The lowest BCUT2D eigenvalue weighted by Crippen LogP contribution is -2.22. The Balaban J connectivity index is 1.84. The van der Waals surface area contributed by atoms with Gasteiger partial charge >= 0.3 is 0 Å². The van der Waals surface area contributed by atoms with Crippen molar-refractivity contribution in [3.8, 4) is 11.3 Å². The van der Waals surface area contributed by atoms with Gasteiger partial charge in [-0.15, -0.1) is 0 Å². The number of rotatable bonds is 3. The van der Waals surface area contributed by atoms with Crippen LogP contribution in [-0.4, -0.2) is 21.7 Å². The Labute approximate surface area is 177 Å². The third kappa shape index (κ3) is 3.43. The van der Waals surface area contributed by atoms with E-state index in [0.717, 1.165) is 5.56 Å². The van der Waals surface area contributed by atoms with Crippen LogP contribution in [0.4, 0.5) is 8.78 Å². The molecule has 3 aromatic rings. The molecule has 0 spiro atoms. The van der Waals surface area contributed by atoms with Crippen molar-refractivity contribution in [3.05, 3.63) is 62.5 Å². The van der Waals surface area contributed by atoms with Gasteiger partial charge < -0.3 is 4.98 Å². The van der Waals surface area contributed by atoms with Crippen molar-refractivity contribution < 1.29 is 13.6 Å². The Hall–Kier alpha value is -2.60. The number of ketones is 1. The minimum Gasteiger partial charge on any atom is -0.354 e. The summed E-state index contributed by atoms with van der Waals surface area (Å²) in [4.78, 5) is 31.8. The minimum absolute atomic E-state index is 0.125. The summed E-state index contributed by atoms with van der Waals surface area (Å²) in [5.41, 5.74) is 2.39. The number of fused-ring (bicyclic) bond motifs is 1. The van der Waals surface area contributed by atoms with Crippen LogP contribution < -0.4 is 5.43 Å². The van der Waals surface area contributed by atoms with Crippen molar-refractivity contribution in [1.29, 1.82) is 0 Å². The minimum atomic E-state index is -2.68. The smallest absolute Gasteiger partial charge is 0.249 e. The number of nitrogens with one attached hydrogen (secondary N) is 1. The number of aromatic nitrogens is 2. The molecule has 0 radical (unpaired) electrons. The number of aromatic amines is 1. The van der Waals surface area contributed by atoms with Gasteiger partial charge in [-0.1, -0.05) is 24.6 Å². The van der Waals surface area contributed by atoms with E-state index in [-0.39, 0.29) is 35.1 Å². The first-order chi connectivity index (χ1) is 14.0. The maximum absolute atomic E-state index is 13.9. The number of carbonyl (C=O) groups excluding carboxylic acids is 1. The average molecular weight is 431 g/mol. The second-order valence-corrected chi connectivity index (χ2v) is 8.83. The molecule has 7 heteroatoms. The van der Waals surface area contributed by atoms with Crippen LogP contribution in [0.1, 0.15) is 54.7 Å². The van der Waals surface area contributed by atoms with Gasteiger partial charge in [-0.3, -0.25) is 14.6 Å². The molecule has 0 bridgehead atoms. The lowest BCUT2D eigenvalue weighted by Gasteiger charge is -2.27. The first-order valence-electron chi connectivity index (χ1n) is 9.73. The van der Waals surface area contributed by atoms with Gasteiger partial charge in [-0.05, 0) is 42.0 Å². The van der Waals surface area contributed by atoms with Crippen LogP contribution in [0.5, 0.6) is 0 Å².